The number of nitrogens with zero attached hydrogens (tertiary/aromatic N) is 1. The Labute approximate surface area is 103 Å². The Bertz CT molecular complexity index is 336. The third-order valence-corrected chi connectivity index (χ3v) is 3.83. The highest BCUT2D eigenvalue weighted by atomic mass is 16.5. The fraction of sp³-hybridized carbons (Fsp3) is 0.615. The van der Waals surface area contributed by atoms with Gasteiger partial charge in [0.1, 0.15) is 0 Å². The summed E-state index contributed by atoms with van der Waals surface area (Å²) in [5, 5.41) is 0. The molecule has 0 saturated heterocycles. The molecule has 1 heterocycles. The van der Waals surface area contributed by atoms with Crippen molar-refractivity contribution in [3.63, 3.8) is 0 Å². The second kappa shape index (κ2) is 5.58. The molecular formula is C13H21N3O. The van der Waals surface area contributed by atoms with E-state index >= 15 is 0 Å². The molecule has 0 aliphatic heterocycles. The zero-order valence-corrected chi connectivity index (χ0v) is 10.4. The van der Waals surface area contributed by atoms with Gasteiger partial charge in [0.25, 0.3) is 0 Å². The Morgan fingerprint density at radius 1 is 1.47 bits per heavy atom. The van der Waals surface area contributed by atoms with Crippen LogP contribution in [0.3, 0.4) is 0 Å². The zero-order chi connectivity index (χ0) is 12.1. The van der Waals surface area contributed by atoms with E-state index in [4.69, 9.17) is 10.6 Å². The molecular weight excluding hydrogens is 214 g/mol. The molecule has 4 nitrogen and oxygen atoms in total. The minimum atomic E-state index is -0.119. The van der Waals surface area contributed by atoms with Gasteiger partial charge >= 0.3 is 0 Å². The van der Waals surface area contributed by atoms with Crippen molar-refractivity contribution in [1.82, 2.24) is 10.4 Å². The molecule has 1 aliphatic rings. The van der Waals surface area contributed by atoms with E-state index in [0.717, 1.165) is 25.0 Å². The molecule has 4 heteroatoms. The fourth-order valence-electron chi connectivity index (χ4n) is 2.79. The minimum Gasteiger partial charge on any atom is -0.377 e. The number of nitrogens with two attached hydrogens (primary N) is 1. The summed E-state index contributed by atoms with van der Waals surface area (Å²) in [4.78, 5) is 4.35. The summed E-state index contributed by atoms with van der Waals surface area (Å²) in [5.41, 5.74) is 3.85. The molecule has 0 bridgehead atoms. The van der Waals surface area contributed by atoms with E-state index in [0.29, 0.717) is 0 Å². The van der Waals surface area contributed by atoms with Crippen molar-refractivity contribution in [2.75, 3.05) is 7.11 Å². The molecule has 1 aliphatic carbocycles. The van der Waals surface area contributed by atoms with Crippen molar-refractivity contribution in [1.29, 1.82) is 0 Å². The number of methoxy groups -OCH3 is 1. The lowest BCUT2D eigenvalue weighted by Gasteiger charge is -2.35. The Morgan fingerprint density at radius 3 is 2.76 bits per heavy atom. The van der Waals surface area contributed by atoms with Crippen LogP contribution in [-0.2, 0) is 11.2 Å². The fourth-order valence-corrected chi connectivity index (χ4v) is 2.79. The van der Waals surface area contributed by atoms with E-state index in [-0.39, 0.29) is 11.6 Å². The van der Waals surface area contributed by atoms with Gasteiger partial charge in [0, 0.05) is 25.4 Å². The van der Waals surface area contributed by atoms with Gasteiger partial charge in [-0.05, 0) is 25.0 Å². The first-order chi connectivity index (χ1) is 8.30. The molecule has 1 aromatic rings. The van der Waals surface area contributed by atoms with Gasteiger partial charge in [-0.25, -0.2) is 0 Å². The average molecular weight is 235 g/mol. The van der Waals surface area contributed by atoms with Gasteiger partial charge < -0.3 is 4.74 Å². The summed E-state index contributed by atoms with van der Waals surface area (Å²) in [5.74, 6) is 5.70. The molecule has 0 aromatic carbocycles. The Morgan fingerprint density at radius 2 is 2.24 bits per heavy atom. The monoisotopic (exact) mass is 235 g/mol. The number of nitrogens with one attached hydrogen (secondary N) is 1. The molecule has 17 heavy (non-hydrogen) atoms. The molecule has 1 aromatic heterocycles. The minimum absolute atomic E-state index is 0.119. The van der Waals surface area contributed by atoms with E-state index in [1.807, 2.05) is 24.4 Å². The van der Waals surface area contributed by atoms with Crippen LogP contribution in [0.4, 0.5) is 0 Å². The number of hydrogen-bond acceptors (Lipinski definition) is 4. The number of hydrogen-bond donors (Lipinski definition) is 2. The van der Waals surface area contributed by atoms with Gasteiger partial charge in [-0.1, -0.05) is 18.9 Å². The third-order valence-electron chi connectivity index (χ3n) is 3.83. The standard InChI is InChI=1S/C13H21N3O/c1-17-13(7-3-4-8-13)12(16-14)10-11-6-2-5-9-15-11/h2,5-6,9,12,16H,3-4,7-8,10,14H2,1H3. The van der Waals surface area contributed by atoms with Gasteiger partial charge in [-0.2, -0.15) is 0 Å². The van der Waals surface area contributed by atoms with E-state index in [2.05, 4.69) is 10.4 Å². The molecule has 0 amide bonds. The molecule has 1 saturated carbocycles. The third kappa shape index (κ3) is 2.65. The number of pyridine rings is 1. The van der Waals surface area contributed by atoms with Gasteiger partial charge in [0.2, 0.25) is 0 Å². The van der Waals surface area contributed by atoms with Crippen LogP contribution >= 0.6 is 0 Å². The van der Waals surface area contributed by atoms with E-state index in [1.54, 1.807) is 7.11 Å². The maximum Gasteiger partial charge on any atom is 0.0848 e. The van der Waals surface area contributed by atoms with Crippen LogP contribution in [0.2, 0.25) is 0 Å². The van der Waals surface area contributed by atoms with Crippen molar-refractivity contribution < 1.29 is 4.74 Å². The maximum absolute atomic E-state index is 5.75. The molecule has 0 radical (unpaired) electrons. The normalized spacial score (nSPS) is 20.4. The summed E-state index contributed by atoms with van der Waals surface area (Å²) in [7, 11) is 1.79. The van der Waals surface area contributed by atoms with Gasteiger partial charge in [-0.15, -0.1) is 0 Å². The lowest BCUT2D eigenvalue weighted by molar-refractivity contribution is -0.0358. The quantitative estimate of drug-likeness (QED) is 0.598. The zero-order valence-electron chi connectivity index (χ0n) is 10.4. The predicted molar refractivity (Wildman–Crippen MR) is 67.3 cm³/mol. The highest BCUT2D eigenvalue weighted by Gasteiger charge is 2.41. The van der Waals surface area contributed by atoms with Crippen LogP contribution in [0, 0.1) is 0 Å². The average Bonchev–Trinajstić information content (AvgIpc) is 2.87. The van der Waals surface area contributed by atoms with Gasteiger partial charge in [0.15, 0.2) is 0 Å². The van der Waals surface area contributed by atoms with Gasteiger partial charge in [-0.3, -0.25) is 16.3 Å². The number of ether oxygens (including phenoxy) is 1. The number of aromatic nitrogens is 1. The van der Waals surface area contributed by atoms with E-state index in [9.17, 15) is 0 Å². The second-order valence-electron chi connectivity index (χ2n) is 4.72. The summed E-state index contributed by atoms with van der Waals surface area (Å²) >= 11 is 0. The van der Waals surface area contributed by atoms with Crippen LogP contribution in [0.5, 0.6) is 0 Å². The topological polar surface area (TPSA) is 60.2 Å². The molecule has 0 spiro atoms. The Balaban J connectivity index is 2.10. The molecule has 3 N–H and O–H groups in total. The van der Waals surface area contributed by atoms with Gasteiger partial charge in [0.05, 0.1) is 11.6 Å². The lowest BCUT2D eigenvalue weighted by Crippen LogP contribution is -2.54. The van der Waals surface area contributed by atoms with Crippen LogP contribution in [0.15, 0.2) is 24.4 Å². The summed E-state index contributed by atoms with van der Waals surface area (Å²) in [6.07, 6.45) is 7.21. The van der Waals surface area contributed by atoms with E-state index < -0.39 is 0 Å². The van der Waals surface area contributed by atoms with Crippen molar-refractivity contribution >= 4 is 0 Å². The molecule has 94 valence electrons. The first-order valence-corrected chi connectivity index (χ1v) is 6.22. The first-order valence-electron chi connectivity index (χ1n) is 6.22. The SMILES string of the molecule is COC1(C(Cc2ccccn2)NN)CCCC1. The van der Waals surface area contributed by atoms with Crippen molar-refractivity contribution in [3.05, 3.63) is 30.1 Å². The molecule has 2 rings (SSSR count). The lowest BCUT2D eigenvalue weighted by atomic mass is 9.89. The second-order valence-corrected chi connectivity index (χ2v) is 4.72. The van der Waals surface area contributed by atoms with Crippen molar-refractivity contribution in [2.45, 2.75) is 43.7 Å². The van der Waals surface area contributed by atoms with Crippen LogP contribution in [0.25, 0.3) is 0 Å². The highest BCUT2D eigenvalue weighted by molar-refractivity contribution is 5.09. The van der Waals surface area contributed by atoms with Crippen LogP contribution in [0.1, 0.15) is 31.4 Å². The highest BCUT2D eigenvalue weighted by Crippen LogP contribution is 2.36. The van der Waals surface area contributed by atoms with Crippen LogP contribution in [-0.4, -0.2) is 23.7 Å². The van der Waals surface area contributed by atoms with E-state index in [1.165, 1.54) is 12.8 Å². The number of hydrazine groups is 1. The summed E-state index contributed by atoms with van der Waals surface area (Å²) < 4.78 is 5.75. The Kier molecular flexibility index (Phi) is 4.10. The smallest absolute Gasteiger partial charge is 0.0848 e. The first kappa shape index (κ1) is 12.5. The largest absolute Gasteiger partial charge is 0.377 e. The summed E-state index contributed by atoms with van der Waals surface area (Å²) in [6, 6.07) is 6.09. The molecule has 1 unspecified atom stereocenters. The van der Waals surface area contributed by atoms with Crippen molar-refractivity contribution in [3.8, 4) is 0 Å². The predicted octanol–water partition coefficient (Wildman–Crippen LogP) is 1.42. The van der Waals surface area contributed by atoms with Crippen LogP contribution < -0.4 is 11.3 Å². The molecule has 1 atom stereocenters. The summed E-state index contributed by atoms with van der Waals surface area (Å²) in [6.45, 7) is 0. The maximum atomic E-state index is 5.75. The molecule has 1 fully saturated rings. The van der Waals surface area contributed by atoms with Crippen molar-refractivity contribution in [2.24, 2.45) is 5.84 Å². The number of rotatable bonds is 5. The Hall–Kier alpha value is -0.970.